The molecular formula is C17H16BrNO3. The maximum atomic E-state index is 12.3. The summed E-state index contributed by atoms with van der Waals surface area (Å²) in [5.41, 5.74) is 0.610. The molecule has 0 spiro atoms. The highest BCUT2D eigenvalue weighted by atomic mass is 79.9. The van der Waals surface area contributed by atoms with Crippen molar-refractivity contribution in [2.75, 3.05) is 6.61 Å². The number of ether oxygens (including phenoxy) is 2. The van der Waals surface area contributed by atoms with E-state index in [1.54, 1.807) is 12.1 Å². The van der Waals surface area contributed by atoms with Crippen molar-refractivity contribution in [2.45, 2.75) is 19.1 Å². The van der Waals surface area contributed by atoms with Gasteiger partial charge in [0.25, 0.3) is 5.91 Å². The van der Waals surface area contributed by atoms with Gasteiger partial charge in [-0.25, -0.2) is 0 Å². The molecule has 5 heteroatoms. The summed E-state index contributed by atoms with van der Waals surface area (Å²) < 4.78 is 12.5. The third-order valence-electron chi connectivity index (χ3n) is 3.53. The lowest BCUT2D eigenvalue weighted by molar-refractivity contribution is 0.0606. The van der Waals surface area contributed by atoms with Crippen LogP contribution in [0, 0.1) is 0 Å². The molecule has 0 radical (unpaired) electrons. The predicted octanol–water partition coefficient (Wildman–Crippen LogP) is 3.41. The molecule has 1 N–H and O–H groups in total. The molecule has 22 heavy (non-hydrogen) atoms. The first-order chi connectivity index (χ1) is 10.6. The first-order valence-electron chi connectivity index (χ1n) is 7.08. The van der Waals surface area contributed by atoms with Crippen LogP contribution >= 0.6 is 15.9 Å². The quantitative estimate of drug-likeness (QED) is 0.911. The van der Waals surface area contributed by atoms with Crippen LogP contribution in [0.5, 0.6) is 11.5 Å². The zero-order valence-corrected chi connectivity index (χ0v) is 13.7. The van der Waals surface area contributed by atoms with E-state index < -0.39 is 0 Å². The van der Waals surface area contributed by atoms with Gasteiger partial charge >= 0.3 is 0 Å². The monoisotopic (exact) mass is 361 g/mol. The first-order valence-corrected chi connectivity index (χ1v) is 7.88. The number of carbonyl (C=O) groups is 1. The Morgan fingerprint density at radius 2 is 2.00 bits per heavy atom. The van der Waals surface area contributed by atoms with Crippen LogP contribution < -0.4 is 14.8 Å². The fourth-order valence-corrected chi connectivity index (χ4v) is 2.69. The maximum Gasteiger partial charge on any atom is 0.251 e. The average Bonchev–Trinajstić information content (AvgIpc) is 2.54. The van der Waals surface area contributed by atoms with Gasteiger partial charge in [0.1, 0.15) is 6.61 Å². The third kappa shape index (κ3) is 3.25. The smallest absolute Gasteiger partial charge is 0.251 e. The van der Waals surface area contributed by atoms with E-state index in [1.807, 2.05) is 43.3 Å². The van der Waals surface area contributed by atoms with E-state index in [2.05, 4.69) is 21.2 Å². The Morgan fingerprint density at radius 1 is 1.23 bits per heavy atom. The summed E-state index contributed by atoms with van der Waals surface area (Å²) in [6, 6.07) is 14.7. The van der Waals surface area contributed by atoms with E-state index >= 15 is 0 Å². The Morgan fingerprint density at radius 3 is 2.77 bits per heavy atom. The number of para-hydroxylation sites is 2. The SMILES string of the molecule is C[C@@H](NC(=O)c1cccc(Br)c1)[C@@H]1COc2ccccc2O1. The van der Waals surface area contributed by atoms with Gasteiger partial charge in [0.15, 0.2) is 17.6 Å². The number of hydrogen-bond acceptors (Lipinski definition) is 3. The van der Waals surface area contributed by atoms with Gasteiger partial charge in [0, 0.05) is 10.0 Å². The van der Waals surface area contributed by atoms with Gasteiger partial charge in [0.2, 0.25) is 0 Å². The number of hydrogen-bond donors (Lipinski definition) is 1. The highest BCUT2D eigenvalue weighted by molar-refractivity contribution is 9.10. The van der Waals surface area contributed by atoms with Crippen molar-refractivity contribution in [3.05, 3.63) is 58.6 Å². The molecular weight excluding hydrogens is 346 g/mol. The van der Waals surface area contributed by atoms with E-state index in [9.17, 15) is 4.79 Å². The molecule has 2 atom stereocenters. The molecule has 1 aliphatic heterocycles. The Hall–Kier alpha value is -2.01. The summed E-state index contributed by atoms with van der Waals surface area (Å²) in [7, 11) is 0. The third-order valence-corrected chi connectivity index (χ3v) is 4.03. The molecule has 0 saturated carbocycles. The number of carbonyl (C=O) groups excluding carboxylic acids is 1. The highest BCUT2D eigenvalue weighted by Crippen LogP contribution is 2.31. The number of fused-ring (bicyclic) bond motifs is 1. The molecule has 2 aromatic rings. The van der Waals surface area contributed by atoms with Crippen molar-refractivity contribution in [3.63, 3.8) is 0 Å². The average molecular weight is 362 g/mol. The lowest BCUT2D eigenvalue weighted by Crippen LogP contribution is -2.48. The van der Waals surface area contributed by atoms with Gasteiger partial charge in [-0.2, -0.15) is 0 Å². The number of rotatable bonds is 3. The second-order valence-corrected chi connectivity index (χ2v) is 6.10. The van der Waals surface area contributed by atoms with Crippen molar-refractivity contribution in [2.24, 2.45) is 0 Å². The summed E-state index contributed by atoms with van der Waals surface area (Å²) in [4.78, 5) is 12.3. The van der Waals surface area contributed by atoms with Crippen LogP contribution in [0.3, 0.4) is 0 Å². The van der Waals surface area contributed by atoms with Gasteiger partial charge < -0.3 is 14.8 Å². The molecule has 0 unspecified atom stereocenters. The molecule has 0 bridgehead atoms. The zero-order chi connectivity index (χ0) is 15.5. The molecule has 0 fully saturated rings. The van der Waals surface area contributed by atoms with Crippen molar-refractivity contribution < 1.29 is 14.3 Å². The van der Waals surface area contributed by atoms with Crippen LogP contribution in [0.25, 0.3) is 0 Å². The van der Waals surface area contributed by atoms with Crippen LogP contribution in [0.4, 0.5) is 0 Å². The van der Waals surface area contributed by atoms with Crippen LogP contribution in [0.15, 0.2) is 53.0 Å². The van der Waals surface area contributed by atoms with E-state index in [0.717, 1.165) is 10.2 Å². The molecule has 114 valence electrons. The van der Waals surface area contributed by atoms with E-state index in [0.29, 0.717) is 17.9 Å². The number of benzene rings is 2. The minimum Gasteiger partial charge on any atom is -0.486 e. The Bertz CT molecular complexity index is 689. The minimum atomic E-state index is -0.217. The fraction of sp³-hybridized carbons (Fsp3) is 0.235. The highest BCUT2D eigenvalue weighted by Gasteiger charge is 2.27. The maximum absolute atomic E-state index is 12.3. The number of amides is 1. The summed E-state index contributed by atoms with van der Waals surface area (Å²) in [5.74, 6) is 1.32. The van der Waals surface area contributed by atoms with Gasteiger partial charge in [-0.1, -0.05) is 34.1 Å². The van der Waals surface area contributed by atoms with Gasteiger partial charge in [0.05, 0.1) is 6.04 Å². The molecule has 2 aromatic carbocycles. The van der Waals surface area contributed by atoms with Crippen LogP contribution in [-0.2, 0) is 0 Å². The van der Waals surface area contributed by atoms with Gasteiger partial charge in [-0.05, 0) is 37.3 Å². The second kappa shape index (κ2) is 6.40. The fourth-order valence-electron chi connectivity index (χ4n) is 2.29. The molecule has 4 nitrogen and oxygen atoms in total. The number of halogens is 1. The summed E-state index contributed by atoms with van der Waals surface area (Å²) >= 11 is 3.37. The first kappa shape index (κ1) is 14.9. The molecule has 1 amide bonds. The predicted molar refractivity (Wildman–Crippen MR) is 87.4 cm³/mol. The Balaban J connectivity index is 1.65. The van der Waals surface area contributed by atoms with Gasteiger partial charge in [-0.15, -0.1) is 0 Å². The largest absolute Gasteiger partial charge is 0.486 e. The molecule has 3 rings (SSSR count). The molecule has 0 aliphatic carbocycles. The van der Waals surface area contributed by atoms with Crippen molar-refractivity contribution in [1.29, 1.82) is 0 Å². The van der Waals surface area contributed by atoms with Crippen LogP contribution in [-0.4, -0.2) is 24.7 Å². The lowest BCUT2D eigenvalue weighted by Gasteiger charge is -2.30. The summed E-state index contributed by atoms with van der Waals surface area (Å²) in [6.45, 7) is 2.33. The minimum absolute atomic E-state index is 0.128. The van der Waals surface area contributed by atoms with Crippen molar-refractivity contribution >= 4 is 21.8 Å². The standard InChI is InChI=1S/C17H16BrNO3/c1-11(19-17(20)12-5-4-6-13(18)9-12)16-10-21-14-7-2-3-8-15(14)22-16/h2-9,11,16H,10H2,1H3,(H,19,20)/t11-,16+/m1/s1. The number of nitrogens with one attached hydrogen (secondary N) is 1. The second-order valence-electron chi connectivity index (χ2n) is 5.19. The van der Waals surface area contributed by atoms with Crippen molar-refractivity contribution in [3.8, 4) is 11.5 Å². The van der Waals surface area contributed by atoms with Crippen LogP contribution in [0.1, 0.15) is 17.3 Å². The Kier molecular flexibility index (Phi) is 4.34. The van der Waals surface area contributed by atoms with Crippen LogP contribution in [0.2, 0.25) is 0 Å². The van der Waals surface area contributed by atoms with Gasteiger partial charge in [-0.3, -0.25) is 4.79 Å². The zero-order valence-electron chi connectivity index (χ0n) is 12.1. The molecule has 1 heterocycles. The van der Waals surface area contributed by atoms with Crippen molar-refractivity contribution in [1.82, 2.24) is 5.32 Å². The van der Waals surface area contributed by atoms with E-state index in [-0.39, 0.29) is 18.1 Å². The van der Waals surface area contributed by atoms with E-state index in [4.69, 9.17) is 9.47 Å². The molecule has 1 aliphatic rings. The summed E-state index contributed by atoms with van der Waals surface area (Å²) in [6.07, 6.45) is -0.217. The molecule has 0 aromatic heterocycles. The lowest BCUT2D eigenvalue weighted by atomic mass is 10.1. The topological polar surface area (TPSA) is 47.6 Å². The molecule has 0 saturated heterocycles. The normalized spacial score (nSPS) is 17.6. The summed E-state index contributed by atoms with van der Waals surface area (Å²) in [5, 5.41) is 2.96. The van der Waals surface area contributed by atoms with E-state index in [1.165, 1.54) is 0 Å². The Labute approximate surface area is 137 Å².